The third kappa shape index (κ3) is 4.49. The third-order valence-corrected chi connectivity index (χ3v) is 5.76. The van der Waals surface area contributed by atoms with Gasteiger partial charge in [0.05, 0.1) is 21.8 Å². The first-order valence-electron chi connectivity index (χ1n) is 9.02. The smallest absolute Gasteiger partial charge is 0.340 e. The van der Waals surface area contributed by atoms with Crippen molar-refractivity contribution < 1.29 is 14.3 Å². The van der Waals surface area contributed by atoms with Crippen molar-refractivity contribution in [3.05, 3.63) is 40.9 Å². The van der Waals surface area contributed by atoms with E-state index in [2.05, 4.69) is 17.2 Å². The number of pyridine rings is 1. The maximum absolute atomic E-state index is 12.3. The van der Waals surface area contributed by atoms with Crippen molar-refractivity contribution in [1.82, 2.24) is 10.3 Å². The molecule has 2 atom stereocenters. The molecular weight excluding hydrogens is 348 g/mol. The molecule has 1 aliphatic carbocycles. The molecule has 1 N–H and O–H groups in total. The molecule has 2 unspecified atom stereocenters. The fraction of sp³-hybridized carbons (Fsp3) is 0.450. The first-order valence-corrected chi connectivity index (χ1v) is 9.90. The zero-order valence-electron chi connectivity index (χ0n) is 15.2. The molecule has 0 radical (unpaired) electrons. The fourth-order valence-corrected chi connectivity index (χ4v) is 4.02. The van der Waals surface area contributed by atoms with Gasteiger partial charge in [-0.3, -0.25) is 9.78 Å². The zero-order valence-corrected chi connectivity index (χ0v) is 16.0. The Balaban J connectivity index is 1.55. The predicted molar refractivity (Wildman–Crippen MR) is 102 cm³/mol. The molecule has 2 aromatic heterocycles. The summed E-state index contributed by atoms with van der Waals surface area (Å²) in [5.74, 6) is -0.280. The van der Waals surface area contributed by atoms with Crippen LogP contribution in [0.4, 0.5) is 0 Å². The molecule has 5 nitrogen and oxygen atoms in total. The topological polar surface area (TPSA) is 68.3 Å². The lowest BCUT2D eigenvalue weighted by molar-refractivity contribution is -0.125. The summed E-state index contributed by atoms with van der Waals surface area (Å²) < 4.78 is 5.19. The molecule has 26 heavy (non-hydrogen) atoms. The van der Waals surface area contributed by atoms with Gasteiger partial charge in [-0.25, -0.2) is 4.79 Å². The lowest BCUT2D eigenvalue weighted by atomic mass is 9.86. The predicted octanol–water partition coefficient (Wildman–Crippen LogP) is 3.97. The van der Waals surface area contributed by atoms with Crippen molar-refractivity contribution in [3.8, 4) is 10.6 Å². The highest BCUT2D eigenvalue weighted by Gasteiger charge is 2.23. The Hall–Kier alpha value is -2.21. The van der Waals surface area contributed by atoms with Crippen LogP contribution in [-0.2, 0) is 9.53 Å². The van der Waals surface area contributed by atoms with E-state index in [4.69, 9.17) is 4.74 Å². The molecule has 1 aliphatic rings. The van der Waals surface area contributed by atoms with Crippen LogP contribution in [0.1, 0.15) is 48.7 Å². The van der Waals surface area contributed by atoms with Gasteiger partial charge < -0.3 is 10.1 Å². The van der Waals surface area contributed by atoms with Crippen molar-refractivity contribution in [3.63, 3.8) is 0 Å². The van der Waals surface area contributed by atoms with Gasteiger partial charge in [-0.15, -0.1) is 11.3 Å². The summed E-state index contributed by atoms with van der Waals surface area (Å²) in [6, 6.07) is 7.65. The number of aryl methyl sites for hydroxylation is 1. The van der Waals surface area contributed by atoms with Gasteiger partial charge in [0.15, 0.2) is 6.61 Å². The van der Waals surface area contributed by atoms with Gasteiger partial charge in [0, 0.05) is 6.04 Å². The summed E-state index contributed by atoms with van der Waals surface area (Å²) in [6.07, 6.45) is 4.48. The summed E-state index contributed by atoms with van der Waals surface area (Å²) >= 11 is 1.60. The number of rotatable bonds is 5. The molecule has 0 aromatic carbocycles. The minimum absolute atomic E-state index is 0.184. The van der Waals surface area contributed by atoms with E-state index in [1.165, 1.54) is 6.42 Å². The molecule has 1 saturated carbocycles. The summed E-state index contributed by atoms with van der Waals surface area (Å²) in [4.78, 5) is 29.9. The number of nitrogens with one attached hydrogen (secondary N) is 1. The fourth-order valence-electron chi connectivity index (χ4n) is 3.33. The van der Waals surface area contributed by atoms with Crippen molar-refractivity contribution in [1.29, 1.82) is 0 Å². The lowest BCUT2D eigenvalue weighted by Gasteiger charge is -2.29. The van der Waals surface area contributed by atoms with Gasteiger partial charge >= 0.3 is 5.97 Å². The van der Waals surface area contributed by atoms with Crippen molar-refractivity contribution >= 4 is 23.2 Å². The van der Waals surface area contributed by atoms with Crippen LogP contribution in [0, 0.1) is 12.8 Å². The molecule has 0 aliphatic heterocycles. The number of amides is 1. The van der Waals surface area contributed by atoms with Gasteiger partial charge in [0.25, 0.3) is 5.91 Å². The van der Waals surface area contributed by atoms with E-state index in [9.17, 15) is 9.59 Å². The molecule has 1 fully saturated rings. The number of hydrogen-bond donors (Lipinski definition) is 1. The van der Waals surface area contributed by atoms with E-state index in [1.807, 2.05) is 17.5 Å². The van der Waals surface area contributed by atoms with Gasteiger partial charge in [0.2, 0.25) is 0 Å². The van der Waals surface area contributed by atoms with Gasteiger partial charge in [-0.2, -0.15) is 0 Å². The molecule has 138 valence electrons. The normalized spacial score (nSPS) is 19.8. The van der Waals surface area contributed by atoms with Gasteiger partial charge in [-0.05, 0) is 49.3 Å². The van der Waals surface area contributed by atoms with Crippen molar-refractivity contribution in [2.45, 2.75) is 45.6 Å². The number of hydrogen-bond acceptors (Lipinski definition) is 5. The Bertz CT molecular complexity index is 773. The van der Waals surface area contributed by atoms with Crippen LogP contribution < -0.4 is 5.32 Å². The summed E-state index contributed by atoms with van der Waals surface area (Å²) in [7, 11) is 0. The van der Waals surface area contributed by atoms with E-state index in [1.54, 1.807) is 30.4 Å². The number of ether oxygens (including phenoxy) is 1. The lowest BCUT2D eigenvalue weighted by Crippen LogP contribution is -2.42. The van der Waals surface area contributed by atoms with E-state index in [-0.39, 0.29) is 18.6 Å². The SMILES string of the molecule is Cc1nc(-c2cccs2)ccc1C(=O)OCC(=O)NC1CCCCC1C. The first kappa shape index (κ1) is 18.6. The minimum atomic E-state index is -0.514. The Morgan fingerprint density at radius 2 is 2.08 bits per heavy atom. The van der Waals surface area contributed by atoms with Crippen LogP contribution in [0.5, 0.6) is 0 Å². The second-order valence-electron chi connectivity index (χ2n) is 6.82. The quantitative estimate of drug-likeness (QED) is 0.807. The molecule has 2 heterocycles. The largest absolute Gasteiger partial charge is 0.452 e. The van der Waals surface area contributed by atoms with E-state index in [0.717, 1.165) is 29.8 Å². The molecule has 3 rings (SSSR count). The Morgan fingerprint density at radius 1 is 1.27 bits per heavy atom. The average Bonchev–Trinajstić information content (AvgIpc) is 3.16. The number of carbonyl (C=O) groups excluding carboxylic acids is 2. The van der Waals surface area contributed by atoms with E-state index >= 15 is 0 Å². The molecular formula is C20H24N2O3S. The van der Waals surface area contributed by atoms with Crippen LogP contribution >= 0.6 is 11.3 Å². The minimum Gasteiger partial charge on any atom is -0.452 e. The van der Waals surface area contributed by atoms with Crippen molar-refractivity contribution in [2.24, 2.45) is 5.92 Å². The number of thiophene rings is 1. The highest BCUT2D eigenvalue weighted by Crippen LogP contribution is 2.24. The molecule has 2 aromatic rings. The monoisotopic (exact) mass is 372 g/mol. The van der Waals surface area contributed by atoms with Crippen LogP contribution in [0.2, 0.25) is 0 Å². The van der Waals surface area contributed by atoms with Crippen LogP contribution in [0.3, 0.4) is 0 Å². The van der Waals surface area contributed by atoms with Gasteiger partial charge in [-0.1, -0.05) is 25.8 Å². The molecule has 1 amide bonds. The van der Waals surface area contributed by atoms with Gasteiger partial charge in [0.1, 0.15) is 0 Å². The van der Waals surface area contributed by atoms with E-state index < -0.39 is 5.97 Å². The molecule has 6 heteroatoms. The summed E-state index contributed by atoms with van der Waals surface area (Å²) in [5, 5.41) is 4.97. The summed E-state index contributed by atoms with van der Waals surface area (Å²) in [6.45, 7) is 3.67. The number of esters is 1. The standard InChI is InChI=1S/C20H24N2O3S/c1-13-6-3-4-7-16(13)22-19(23)12-25-20(24)15-9-10-17(21-14(15)2)18-8-5-11-26-18/h5,8-11,13,16H,3-4,6-7,12H2,1-2H3,(H,22,23). The Labute approximate surface area is 157 Å². The number of nitrogens with zero attached hydrogens (tertiary/aromatic N) is 1. The Kier molecular flexibility index (Phi) is 6.04. The number of aromatic nitrogens is 1. The van der Waals surface area contributed by atoms with Crippen molar-refractivity contribution in [2.75, 3.05) is 6.61 Å². The molecule has 0 saturated heterocycles. The first-order chi connectivity index (χ1) is 12.5. The Morgan fingerprint density at radius 3 is 2.77 bits per heavy atom. The highest BCUT2D eigenvalue weighted by atomic mass is 32.1. The van der Waals surface area contributed by atoms with Crippen LogP contribution in [-0.4, -0.2) is 29.5 Å². The maximum Gasteiger partial charge on any atom is 0.340 e. The average molecular weight is 372 g/mol. The van der Waals surface area contributed by atoms with Crippen LogP contribution in [0.25, 0.3) is 10.6 Å². The third-order valence-electron chi connectivity index (χ3n) is 4.87. The summed E-state index contributed by atoms with van der Waals surface area (Å²) in [5.41, 5.74) is 1.82. The van der Waals surface area contributed by atoms with Crippen LogP contribution in [0.15, 0.2) is 29.6 Å². The highest BCUT2D eigenvalue weighted by molar-refractivity contribution is 7.13. The molecule has 0 spiro atoms. The molecule has 0 bridgehead atoms. The second-order valence-corrected chi connectivity index (χ2v) is 7.77. The number of carbonyl (C=O) groups is 2. The maximum atomic E-state index is 12.3. The van der Waals surface area contributed by atoms with E-state index in [0.29, 0.717) is 17.2 Å². The second kappa shape index (κ2) is 8.45. The zero-order chi connectivity index (χ0) is 18.5.